The minimum absolute atomic E-state index is 0.0581. The fourth-order valence-corrected chi connectivity index (χ4v) is 2.53. The van der Waals surface area contributed by atoms with Gasteiger partial charge in [-0.05, 0) is 6.42 Å². The van der Waals surface area contributed by atoms with Crippen LogP contribution >= 0.6 is 11.8 Å². The minimum Gasteiger partial charge on any atom is -0.381 e. The second-order valence-electron chi connectivity index (χ2n) is 4.01. The highest BCUT2D eigenvalue weighted by molar-refractivity contribution is 7.99. The summed E-state index contributed by atoms with van der Waals surface area (Å²) in [5.41, 5.74) is -1.61. The van der Waals surface area contributed by atoms with Gasteiger partial charge in [-0.25, -0.2) is 0 Å². The summed E-state index contributed by atoms with van der Waals surface area (Å²) in [6, 6.07) is 0. The van der Waals surface area contributed by atoms with Crippen molar-refractivity contribution in [2.24, 2.45) is 13.0 Å². The van der Waals surface area contributed by atoms with Crippen molar-refractivity contribution in [1.82, 2.24) is 14.8 Å². The van der Waals surface area contributed by atoms with Gasteiger partial charge in [0.05, 0.1) is 12.4 Å². The minimum atomic E-state index is -0.841. The number of nitrogens with zero attached hydrogens (tertiary/aromatic N) is 2. The Hall–Kier alpha value is -1.41. The van der Waals surface area contributed by atoms with E-state index in [9.17, 15) is 14.4 Å². The SMILES string of the molecule is Cn1[nH]c(=O)c(=O)nc1SCC(=O)C1CCOC1. The van der Waals surface area contributed by atoms with Crippen LogP contribution in [0.3, 0.4) is 0 Å². The standard InChI is InChI=1S/C10H13N3O4S/c1-13-10(11-8(15)9(16)12-13)18-5-7(14)6-2-3-17-4-6/h6H,2-5H2,1H3,(H,12,16). The van der Waals surface area contributed by atoms with Gasteiger partial charge in [-0.2, -0.15) is 4.98 Å². The van der Waals surface area contributed by atoms with E-state index >= 15 is 0 Å². The number of aromatic nitrogens is 3. The van der Waals surface area contributed by atoms with Crippen molar-refractivity contribution in [3.05, 3.63) is 20.7 Å². The first-order valence-corrected chi connectivity index (χ1v) is 6.47. The number of carbonyl (C=O) groups is 1. The third kappa shape index (κ3) is 2.88. The smallest absolute Gasteiger partial charge is 0.339 e. The summed E-state index contributed by atoms with van der Waals surface area (Å²) in [6.07, 6.45) is 0.747. The van der Waals surface area contributed by atoms with Crippen molar-refractivity contribution >= 4 is 17.5 Å². The fourth-order valence-electron chi connectivity index (χ4n) is 1.63. The van der Waals surface area contributed by atoms with Crippen LogP contribution in [0.15, 0.2) is 14.7 Å². The molecule has 1 unspecified atom stereocenters. The molecule has 2 heterocycles. The monoisotopic (exact) mass is 271 g/mol. The van der Waals surface area contributed by atoms with Crippen LogP contribution in [0.25, 0.3) is 0 Å². The molecule has 0 saturated carbocycles. The predicted octanol–water partition coefficient (Wildman–Crippen LogP) is -0.834. The van der Waals surface area contributed by atoms with Crippen LogP contribution in [-0.2, 0) is 16.6 Å². The summed E-state index contributed by atoms with van der Waals surface area (Å²) >= 11 is 1.14. The van der Waals surface area contributed by atoms with E-state index in [0.717, 1.165) is 18.2 Å². The van der Waals surface area contributed by atoms with E-state index in [2.05, 4.69) is 10.1 Å². The predicted molar refractivity (Wildman–Crippen MR) is 64.8 cm³/mol. The topological polar surface area (TPSA) is 94.0 Å². The average molecular weight is 271 g/mol. The van der Waals surface area contributed by atoms with E-state index in [-0.39, 0.29) is 17.5 Å². The fraction of sp³-hybridized carbons (Fsp3) is 0.600. The number of H-pyrrole nitrogens is 1. The van der Waals surface area contributed by atoms with Crippen molar-refractivity contribution < 1.29 is 9.53 Å². The largest absolute Gasteiger partial charge is 0.381 e. The summed E-state index contributed by atoms with van der Waals surface area (Å²) in [5.74, 6) is 0.246. The molecule has 98 valence electrons. The lowest BCUT2D eigenvalue weighted by Gasteiger charge is -2.07. The molecule has 7 nitrogen and oxygen atoms in total. The van der Waals surface area contributed by atoms with Gasteiger partial charge in [-0.15, -0.1) is 0 Å². The maximum atomic E-state index is 11.8. The molecule has 0 bridgehead atoms. The van der Waals surface area contributed by atoms with Gasteiger partial charge in [0.1, 0.15) is 5.78 Å². The highest BCUT2D eigenvalue weighted by atomic mass is 32.2. The Morgan fingerprint density at radius 2 is 2.39 bits per heavy atom. The first-order chi connectivity index (χ1) is 8.58. The van der Waals surface area contributed by atoms with Crippen LogP contribution in [0.2, 0.25) is 0 Å². The number of rotatable bonds is 4. The Morgan fingerprint density at radius 1 is 1.61 bits per heavy atom. The van der Waals surface area contributed by atoms with Crippen LogP contribution < -0.4 is 11.1 Å². The van der Waals surface area contributed by atoms with Crippen LogP contribution in [0, 0.1) is 5.92 Å². The lowest BCUT2D eigenvalue weighted by Crippen LogP contribution is -2.34. The number of hydrogen-bond donors (Lipinski definition) is 1. The number of hydrogen-bond acceptors (Lipinski definition) is 6. The number of carbonyl (C=O) groups excluding carboxylic acids is 1. The first-order valence-electron chi connectivity index (χ1n) is 5.48. The second kappa shape index (κ2) is 5.49. The Kier molecular flexibility index (Phi) is 3.97. The van der Waals surface area contributed by atoms with Gasteiger partial charge in [0.25, 0.3) is 0 Å². The zero-order valence-corrected chi connectivity index (χ0v) is 10.7. The molecule has 1 aromatic rings. The van der Waals surface area contributed by atoms with Gasteiger partial charge in [0.2, 0.25) is 0 Å². The molecule has 1 aliphatic rings. The lowest BCUT2D eigenvalue weighted by atomic mass is 10.1. The molecule has 8 heteroatoms. The summed E-state index contributed by atoms with van der Waals surface area (Å²) in [4.78, 5) is 37.5. The molecule has 1 aliphatic heterocycles. The van der Waals surface area contributed by atoms with E-state index in [4.69, 9.17) is 4.74 Å². The summed E-state index contributed by atoms with van der Waals surface area (Å²) in [7, 11) is 1.57. The number of aromatic amines is 1. The van der Waals surface area contributed by atoms with Gasteiger partial charge in [-0.1, -0.05) is 11.8 Å². The second-order valence-corrected chi connectivity index (χ2v) is 4.96. The Morgan fingerprint density at radius 3 is 3.06 bits per heavy atom. The maximum Gasteiger partial charge on any atom is 0.339 e. The normalized spacial score (nSPS) is 19.1. The maximum absolute atomic E-state index is 11.8. The number of Topliss-reactive ketones (excluding diaryl/α,β-unsaturated/α-hetero) is 1. The third-order valence-electron chi connectivity index (χ3n) is 2.68. The first kappa shape index (κ1) is 13.0. The molecule has 1 fully saturated rings. The molecule has 0 spiro atoms. The zero-order valence-electron chi connectivity index (χ0n) is 9.84. The van der Waals surface area contributed by atoms with E-state index < -0.39 is 11.1 Å². The van der Waals surface area contributed by atoms with Crippen molar-refractivity contribution in [3.8, 4) is 0 Å². The van der Waals surface area contributed by atoms with Gasteiger partial charge < -0.3 is 4.74 Å². The average Bonchev–Trinajstić information content (AvgIpc) is 2.85. The van der Waals surface area contributed by atoms with E-state index in [1.54, 1.807) is 7.05 Å². The van der Waals surface area contributed by atoms with Gasteiger partial charge in [-0.3, -0.25) is 24.2 Å². The summed E-state index contributed by atoms with van der Waals surface area (Å²) in [6.45, 7) is 1.09. The van der Waals surface area contributed by atoms with E-state index in [1.807, 2.05) is 0 Å². The Bertz CT molecular complexity index is 559. The Balaban J connectivity index is 2.02. The molecular weight excluding hydrogens is 258 g/mol. The van der Waals surface area contributed by atoms with Crippen molar-refractivity contribution in [3.63, 3.8) is 0 Å². The van der Waals surface area contributed by atoms with Gasteiger partial charge in [0, 0.05) is 19.6 Å². The molecule has 1 saturated heterocycles. The zero-order chi connectivity index (χ0) is 13.1. The molecule has 2 rings (SSSR count). The van der Waals surface area contributed by atoms with Crippen molar-refractivity contribution in [1.29, 1.82) is 0 Å². The van der Waals surface area contributed by atoms with Gasteiger partial charge in [0.15, 0.2) is 5.16 Å². The Labute approximate surface area is 107 Å². The van der Waals surface area contributed by atoms with Crippen molar-refractivity contribution in [2.45, 2.75) is 11.6 Å². The molecule has 0 aliphatic carbocycles. The van der Waals surface area contributed by atoms with E-state index in [0.29, 0.717) is 18.4 Å². The molecule has 1 N–H and O–H groups in total. The molecule has 0 amide bonds. The van der Waals surface area contributed by atoms with Crippen LogP contribution in [0.5, 0.6) is 0 Å². The van der Waals surface area contributed by atoms with Crippen LogP contribution in [0.1, 0.15) is 6.42 Å². The molecule has 0 aromatic carbocycles. The van der Waals surface area contributed by atoms with Crippen LogP contribution in [0.4, 0.5) is 0 Å². The molecule has 1 atom stereocenters. The summed E-state index contributed by atoms with van der Waals surface area (Å²) in [5, 5.41) is 2.66. The number of thioether (sulfide) groups is 1. The number of ketones is 1. The van der Waals surface area contributed by atoms with E-state index in [1.165, 1.54) is 4.68 Å². The quantitative estimate of drug-likeness (QED) is 0.567. The van der Waals surface area contributed by atoms with Gasteiger partial charge >= 0.3 is 11.1 Å². The third-order valence-corrected chi connectivity index (χ3v) is 3.73. The number of ether oxygens (including phenoxy) is 1. The lowest BCUT2D eigenvalue weighted by molar-refractivity contribution is -0.120. The highest BCUT2D eigenvalue weighted by Crippen LogP contribution is 2.18. The summed E-state index contributed by atoms with van der Waals surface area (Å²) < 4.78 is 6.48. The van der Waals surface area contributed by atoms with Crippen molar-refractivity contribution in [2.75, 3.05) is 19.0 Å². The molecule has 18 heavy (non-hydrogen) atoms. The molecule has 1 aromatic heterocycles. The number of aryl methyl sites for hydroxylation is 1. The number of nitrogens with one attached hydrogen (secondary N) is 1. The van der Waals surface area contributed by atoms with Crippen LogP contribution in [-0.4, -0.2) is 39.5 Å². The molecular formula is C10H13N3O4S. The molecule has 0 radical (unpaired) electrons. The highest BCUT2D eigenvalue weighted by Gasteiger charge is 2.23.